The summed E-state index contributed by atoms with van der Waals surface area (Å²) in [4.78, 5) is 28.4. The first-order valence-electron chi connectivity index (χ1n) is 12.9. The number of methoxy groups -OCH3 is 1. The molecule has 0 spiro atoms. The van der Waals surface area contributed by atoms with E-state index in [0.29, 0.717) is 30.9 Å². The molecular formula is C31H35NO5. The van der Waals surface area contributed by atoms with E-state index in [1.165, 1.54) is 0 Å². The fraction of sp³-hybridized carbons (Fsp3) is 0.355. The Balaban J connectivity index is 1.73. The monoisotopic (exact) mass is 501 g/mol. The van der Waals surface area contributed by atoms with E-state index in [4.69, 9.17) is 9.47 Å². The molecule has 2 atom stereocenters. The summed E-state index contributed by atoms with van der Waals surface area (Å²) in [5, 5.41) is 10.3. The predicted molar refractivity (Wildman–Crippen MR) is 143 cm³/mol. The lowest BCUT2D eigenvalue weighted by Crippen LogP contribution is -2.55. The third kappa shape index (κ3) is 5.19. The van der Waals surface area contributed by atoms with Crippen molar-refractivity contribution in [1.29, 1.82) is 0 Å². The highest BCUT2D eigenvalue weighted by atomic mass is 16.5. The van der Waals surface area contributed by atoms with E-state index < -0.39 is 17.4 Å². The lowest BCUT2D eigenvalue weighted by Gasteiger charge is -2.42. The zero-order valence-electron chi connectivity index (χ0n) is 21.8. The molecule has 37 heavy (non-hydrogen) atoms. The van der Waals surface area contributed by atoms with Crippen LogP contribution >= 0.6 is 0 Å². The Bertz CT molecular complexity index is 1230. The highest BCUT2D eigenvalue weighted by Crippen LogP contribution is 2.42. The smallest absolute Gasteiger partial charge is 0.326 e. The van der Waals surface area contributed by atoms with Gasteiger partial charge >= 0.3 is 5.97 Å². The number of nitrogens with zero attached hydrogens (tertiary/aromatic N) is 1. The molecule has 0 saturated carbocycles. The second-order valence-corrected chi connectivity index (χ2v) is 9.55. The van der Waals surface area contributed by atoms with E-state index in [1.807, 2.05) is 79.7 Å². The molecule has 1 N–H and O–H groups in total. The molecule has 0 saturated heterocycles. The first-order chi connectivity index (χ1) is 17.9. The molecule has 0 bridgehead atoms. The van der Waals surface area contributed by atoms with Gasteiger partial charge in [-0.05, 0) is 35.6 Å². The topological polar surface area (TPSA) is 76.1 Å². The first kappa shape index (κ1) is 26.3. The van der Waals surface area contributed by atoms with Gasteiger partial charge in [0.25, 0.3) is 0 Å². The molecule has 3 aromatic rings. The van der Waals surface area contributed by atoms with Crippen LogP contribution in [0.4, 0.5) is 0 Å². The number of hydrogen-bond donors (Lipinski definition) is 1. The third-order valence-corrected chi connectivity index (χ3v) is 7.44. The van der Waals surface area contributed by atoms with Crippen LogP contribution < -0.4 is 9.47 Å². The van der Waals surface area contributed by atoms with Crippen LogP contribution in [0.5, 0.6) is 11.5 Å². The Hall–Kier alpha value is -3.80. The summed E-state index contributed by atoms with van der Waals surface area (Å²) in [6.45, 7) is 4.60. The Morgan fingerprint density at radius 3 is 2.27 bits per heavy atom. The molecule has 6 nitrogen and oxygen atoms in total. The summed E-state index contributed by atoms with van der Waals surface area (Å²) >= 11 is 0. The number of rotatable bonds is 10. The van der Waals surface area contributed by atoms with Crippen molar-refractivity contribution in [2.45, 2.75) is 64.1 Å². The average molecular weight is 502 g/mol. The number of carboxylic acids is 1. The highest BCUT2D eigenvalue weighted by molar-refractivity contribution is 5.92. The van der Waals surface area contributed by atoms with Crippen LogP contribution in [0.25, 0.3) is 0 Å². The SMILES string of the molecule is CCCC(CC)(C(=O)N1Cc2ccc(OC)c(OCc3ccccc3)c2CC1C(=O)O)c1ccccc1. The molecule has 4 rings (SSSR count). The number of carbonyl (C=O) groups is 2. The van der Waals surface area contributed by atoms with Crippen molar-refractivity contribution in [3.63, 3.8) is 0 Å². The Morgan fingerprint density at radius 2 is 1.68 bits per heavy atom. The number of hydrogen-bond acceptors (Lipinski definition) is 4. The second kappa shape index (κ2) is 11.5. The van der Waals surface area contributed by atoms with Gasteiger partial charge in [-0.3, -0.25) is 4.79 Å². The zero-order chi connectivity index (χ0) is 26.4. The van der Waals surface area contributed by atoms with Crippen molar-refractivity contribution in [3.8, 4) is 11.5 Å². The summed E-state index contributed by atoms with van der Waals surface area (Å²) < 4.78 is 11.8. The van der Waals surface area contributed by atoms with E-state index in [2.05, 4.69) is 6.92 Å². The largest absolute Gasteiger partial charge is 0.493 e. The maximum absolute atomic E-state index is 14.3. The Kier molecular flexibility index (Phi) is 8.17. The van der Waals surface area contributed by atoms with Crippen LogP contribution in [0, 0.1) is 0 Å². The number of aliphatic carboxylic acids is 1. The van der Waals surface area contributed by atoms with Crippen molar-refractivity contribution in [1.82, 2.24) is 4.90 Å². The number of carbonyl (C=O) groups excluding carboxylic acids is 1. The fourth-order valence-electron chi connectivity index (χ4n) is 5.46. The van der Waals surface area contributed by atoms with Crippen LogP contribution in [0.15, 0.2) is 72.8 Å². The van der Waals surface area contributed by atoms with E-state index >= 15 is 0 Å². The van der Waals surface area contributed by atoms with E-state index in [0.717, 1.165) is 28.7 Å². The fourth-order valence-corrected chi connectivity index (χ4v) is 5.46. The maximum atomic E-state index is 14.3. The van der Waals surface area contributed by atoms with Gasteiger partial charge in [0.15, 0.2) is 11.5 Å². The molecule has 0 aliphatic carbocycles. The third-order valence-electron chi connectivity index (χ3n) is 7.44. The van der Waals surface area contributed by atoms with Crippen molar-refractivity contribution in [2.75, 3.05) is 7.11 Å². The van der Waals surface area contributed by atoms with E-state index in [9.17, 15) is 14.7 Å². The molecule has 6 heteroatoms. The molecule has 1 aliphatic heterocycles. The number of carboxylic acid groups (broad SMARTS) is 1. The van der Waals surface area contributed by atoms with Crippen molar-refractivity contribution in [2.24, 2.45) is 0 Å². The molecule has 194 valence electrons. The molecule has 0 fully saturated rings. The van der Waals surface area contributed by atoms with Crippen LogP contribution in [0.1, 0.15) is 55.4 Å². The number of benzene rings is 3. The summed E-state index contributed by atoms with van der Waals surface area (Å²) in [5.41, 5.74) is 2.81. The molecule has 2 unspecified atom stereocenters. The summed E-state index contributed by atoms with van der Waals surface area (Å²) in [6.07, 6.45) is 2.20. The van der Waals surface area contributed by atoms with E-state index in [1.54, 1.807) is 12.0 Å². The van der Waals surface area contributed by atoms with Crippen LogP contribution in [-0.2, 0) is 34.6 Å². The second-order valence-electron chi connectivity index (χ2n) is 9.55. The lowest BCUT2D eigenvalue weighted by atomic mass is 9.72. The van der Waals surface area contributed by atoms with Gasteiger partial charge in [0.1, 0.15) is 12.6 Å². The minimum Gasteiger partial charge on any atom is -0.493 e. The van der Waals surface area contributed by atoms with Gasteiger partial charge in [-0.2, -0.15) is 0 Å². The standard InChI is InChI=1S/C31H35NO5/c1-4-18-31(5-2,24-14-10-7-11-15-24)30(35)32-20-23-16-17-27(36-3)28(25(23)19-26(32)29(33)34)37-21-22-12-8-6-9-13-22/h6-17,26H,4-5,18-21H2,1-3H3,(H,33,34). The summed E-state index contributed by atoms with van der Waals surface area (Å²) in [6, 6.07) is 22.3. The summed E-state index contributed by atoms with van der Waals surface area (Å²) in [7, 11) is 1.57. The molecule has 3 aromatic carbocycles. The van der Waals surface area contributed by atoms with Crippen molar-refractivity contribution >= 4 is 11.9 Å². The minimum absolute atomic E-state index is 0.135. The molecule has 1 amide bonds. The molecular weight excluding hydrogens is 466 g/mol. The quantitative estimate of drug-likeness (QED) is 0.382. The van der Waals surface area contributed by atoms with Crippen molar-refractivity contribution in [3.05, 3.63) is 95.1 Å². The summed E-state index contributed by atoms with van der Waals surface area (Å²) in [5.74, 6) is -0.0635. The molecule has 0 radical (unpaired) electrons. The average Bonchev–Trinajstić information content (AvgIpc) is 2.94. The minimum atomic E-state index is -1.02. The number of amides is 1. The molecule has 1 heterocycles. The van der Waals surface area contributed by atoms with Gasteiger partial charge < -0.3 is 19.5 Å². The van der Waals surface area contributed by atoms with Gasteiger partial charge in [-0.1, -0.05) is 87.0 Å². The Labute approximate surface area is 218 Å². The number of ether oxygens (including phenoxy) is 2. The zero-order valence-corrected chi connectivity index (χ0v) is 21.8. The van der Waals surface area contributed by atoms with Gasteiger partial charge in [0, 0.05) is 18.5 Å². The van der Waals surface area contributed by atoms with E-state index in [-0.39, 0.29) is 18.9 Å². The Morgan fingerprint density at radius 1 is 1.00 bits per heavy atom. The van der Waals surface area contributed by atoms with Gasteiger partial charge in [0.05, 0.1) is 12.5 Å². The molecule has 1 aliphatic rings. The highest BCUT2D eigenvalue weighted by Gasteiger charge is 2.46. The van der Waals surface area contributed by atoms with Crippen LogP contribution in [0.2, 0.25) is 0 Å². The molecule has 0 aromatic heterocycles. The van der Waals surface area contributed by atoms with Crippen molar-refractivity contribution < 1.29 is 24.2 Å². The van der Waals surface area contributed by atoms with Gasteiger partial charge in [0.2, 0.25) is 5.91 Å². The lowest BCUT2D eigenvalue weighted by molar-refractivity contribution is -0.154. The first-order valence-corrected chi connectivity index (χ1v) is 12.9. The van der Waals surface area contributed by atoms with Crippen LogP contribution in [0.3, 0.4) is 0 Å². The van der Waals surface area contributed by atoms with Crippen LogP contribution in [-0.4, -0.2) is 35.0 Å². The maximum Gasteiger partial charge on any atom is 0.326 e. The normalized spacial score (nSPS) is 16.4. The van der Waals surface area contributed by atoms with Gasteiger partial charge in [-0.15, -0.1) is 0 Å². The van der Waals surface area contributed by atoms with Gasteiger partial charge in [-0.25, -0.2) is 4.79 Å². The number of fused-ring (bicyclic) bond motifs is 1. The predicted octanol–water partition coefficient (Wildman–Crippen LogP) is 5.76.